The van der Waals surface area contributed by atoms with Crippen molar-refractivity contribution in [1.29, 1.82) is 0 Å². The lowest BCUT2D eigenvalue weighted by atomic mass is 10.2. The Morgan fingerprint density at radius 1 is 1.44 bits per heavy atom. The number of hydrogen-bond acceptors (Lipinski definition) is 4. The maximum absolute atomic E-state index is 11.4. The van der Waals surface area contributed by atoms with E-state index in [4.69, 9.17) is 16.7 Å². The quantitative estimate of drug-likeness (QED) is 0.682. The molecular weight excluding hydrogens is 238 g/mol. The molecule has 1 amide bonds. The summed E-state index contributed by atoms with van der Waals surface area (Å²) in [7, 11) is 0. The van der Waals surface area contributed by atoms with Gasteiger partial charge in [0.15, 0.2) is 6.61 Å². The van der Waals surface area contributed by atoms with E-state index in [1.165, 1.54) is 18.2 Å². The van der Waals surface area contributed by atoms with Crippen molar-refractivity contribution in [3.8, 4) is 5.75 Å². The van der Waals surface area contributed by atoms with Crippen LogP contribution in [-0.4, -0.2) is 28.7 Å². The molecule has 0 aliphatic heterocycles. The molecule has 0 saturated heterocycles. The van der Waals surface area contributed by atoms with Crippen LogP contribution < -0.4 is 5.48 Å². The van der Waals surface area contributed by atoms with Crippen LogP contribution in [0.4, 0.5) is 0 Å². The number of aliphatic carboxylic acids is 1. The van der Waals surface area contributed by atoms with Crippen LogP contribution in [0.15, 0.2) is 18.2 Å². The highest BCUT2D eigenvalue weighted by Gasteiger charge is 2.12. The number of carbonyl (C=O) groups is 2. The molecule has 0 aliphatic carbocycles. The fourth-order valence-electron chi connectivity index (χ4n) is 0.908. The third-order valence-corrected chi connectivity index (χ3v) is 1.80. The highest BCUT2D eigenvalue weighted by Crippen LogP contribution is 2.21. The van der Waals surface area contributed by atoms with E-state index in [9.17, 15) is 14.7 Å². The number of nitrogens with one attached hydrogen (secondary N) is 1. The molecular formula is C9H8ClNO5. The minimum Gasteiger partial charge on any atom is -0.507 e. The maximum atomic E-state index is 11.4. The number of carboxylic acid groups (broad SMARTS) is 1. The van der Waals surface area contributed by atoms with Crippen LogP contribution in [0.25, 0.3) is 0 Å². The van der Waals surface area contributed by atoms with Gasteiger partial charge in [0.25, 0.3) is 5.91 Å². The number of carboxylic acids is 1. The topological polar surface area (TPSA) is 95.9 Å². The monoisotopic (exact) mass is 245 g/mol. The zero-order valence-electron chi connectivity index (χ0n) is 7.94. The summed E-state index contributed by atoms with van der Waals surface area (Å²) in [5.41, 5.74) is 1.76. The van der Waals surface area contributed by atoms with Crippen LogP contribution in [0.1, 0.15) is 10.4 Å². The second-order valence-electron chi connectivity index (χ2n) is 2.78. The van der Waals surface area contributed by atoms with Gasteiger partial charge in [0.2, 0.25) is 0 Å². The summed E-state index contributed by atoms with van der Waals surface area (Å²) < 4.78 is 0. The van der Waals surface area contributed by atoms with E-state index in [0.717, 1.165) is 0 Å². The normalized spacial score (nSPS) is 9.81. The van der Waals surface area contributed by atoms with Gasteiger partial charge >= 0.3 is 5.97 Å². The molecule has 0 unspecified atom stereocenters. The van der Waals surface area contributed by atoms with Crippen LogP contribution in [0.5, 0.6) is 5.75 Å². The number of halogens is 1. The van der Waals surface area contributed by atoms with E-state index in [0.29, 0.717) is 0 Å². The van der Waals surface area contributed by atoms with Gasteiger partial charge in [-0.3, -0.25) is 9.63 Å². The number of phenols is 1. The zero-order chi connectivity index (χ0) is 12.1. The Labute approximate surface area is 95.4 Å². The molecule has 1 aromatic carbocycles. The van der Waals surface area contributed by atoms with Crippen LogP contribution in [0, 0.1) is 0 Å². The molecule has 0 spiro atoms. The molecule has 0 aromatic heterocycles. The van der Waals surface area contributed by atoms with E-state index in [-0.39, 0.29) is 16.3 Å². The van der Waals surface area contributed by atoms with Crippen molar-refractivity contribution in [3.63, 3.8) is 0 Å². The molecule has 0 radical (unpaired) electrons. The first-order valence-corrected chi connectivity index (χ1v) is 4.51. The number of hydrogen-bond donors (Lipinski definition) is 3. The lowest BCUT2D eigenvalue weighted by molar-refractivity contribution is -0.144. The summed E-state index contributed by atoms with van der Waals surface area (Å²) in [5, 5.41) is 17.8. The van der Waals surface area contributed by atoms with Gasteiger partial charge in [0, 0.05) is 5.02 Å². The summed E-state index contributed by atoms with van der Waals surface area (Å²) in [4.78, 5) is 25.8. The number of rotatable bonds is 4. The van der Waals surface area contributed by atoms with Crippen molar-refractivity contribution in [2.24, 2.45) is 0 Å². The van der Waals surface area contributed by atoms with Gasteiger partial charge in [-0.05, 0) is 18.2 Å². The fourth-order valence-corrected chi connectivity index (χ4v) is 1.08. The van der Waals surface area contributed by atoms with Crippen LogP contribution >= 0.6 is 11.6 Å². The van der Waals surface area contributed by atoms with Gasteiger partial charge in [-0.15, -0.1) is 0 Å². The third-order valence-electron chi connectivity index (χ3n) is 1.56. The highest BCUT2D eigenvalue weighted by atomic mass is 35.5. The predicted molar refractivity (Wildman–Crippen MR) is 54.2 cm³/mol. The second-order valence-corrected chi connectivity index (χ2v) is 3.21. The van der Waals surface area contributed by atoms with Gasteiger partial charge in [0.05, 0.1) is 5.56 Å². The lowest BCUT2D eigenvalue weighted by Gasteiger charge is -2.05. The fraction of sp³-hybridized carbons (Fsp3) is 0.111. The van der Waals surface area contributed by atoms with Crippen LogP contribution in [0.3, 0.4) is 0 Å². The first-order valence-electron chi connectivity index (χ1n) is 4.13. The molecule has 0 heterocycles. The molecule has 0 bridgehead atoms. The largest absolute Gasteiger partial charge is 0.507 e. The SMILES string of the molecule is O=C(O)CONC(=O)c1cc(Cl)ccc1O. The summed E-state index contributed by atoms with van der Waals surface area (Å²) in [5.74, 6) is -2.28. The Kier molecular flexibility index (Phi) is 4.10. The van der Waals surface area contributed by atoms with Gasteiger partial charge in [-0.1, -0.05) is 11.6 Å². The number of benzene rings is 1. The molecule has 0 aliphatic rings. The summed E-state index contributed by atoms with van der Waals surface area (Å²) >= 11 is 5.62. The molecule has 1 aromatic rings. The molecule has 6 nitrogen and oxygen atoms in total. The van der Waals surface area contributed by atoms with Crippen molar-refractivity contribution in [2.45, 2.75) is 0 Å². The van der Waals surface area contributed by atoms with E-state index in [1.807, 2.05) is 5.48 Å². The Bertz CT molecular complexity index is 420. The van der Waals surface area contributed by atoms with Crippen LogP contribution in [-0.2, 0) is 9.63 Å². The van der Waals surface area contributed by atoms with Crippen molar-refractivity contribution >= 4 is 23.5 Å². The van der Waals surface area contributed by atoms with Gasteiger partial charge in [-0.25, -0.2) is 10.3 Å². The predicted octanol–water partition coefficient (Wildman–Crippen LogP) is 0.792. The standard InChI is InChI=1S/C9H8ClNO5/c10-5-1-2-7(12)6(3-5)9(15)11-16-4-8(13)14/h1-3,12H,4H2,(H,11,15)(H,13,14). The van der Waals surface area contributed by atoms with Crippen molar-refractivity contribution < 1.29 is 24.6 Å². The first kappa shape index (κ1) is 12.3. The van der Waals surface area contributed by atoms with E-state index < -0.39 is 18.5 Å². The molecule has 0 fully saturated rings. The smallest absolute Gasteiger partial charge is 0.332 e. The van der Waals surface area contributed by atoms with E-state index >= 15 is 0 Å². The number of amides is 1. The molecule has 0 atom stereocenters. The molecule has 0 saturated carbocycles. The van der Waals surface area contributed by atoms with E-state index in [1.54, 1.807) is 0 Å². The molecule has 16 heavy (non-hydrogen) atoms. The average molecular weight is 246 g/mol. The lowest BCUT2D eigenvalue weighted by Crippen LogP contribution is -2.26. The Morgan fingerprint density at radius 3 is 2.75 bits per heavy atom. The maximum Gasteiger partial charge on any atom is 0.332 e. The minimum atomic E-state index is -1.23. The number of hydroxylamine groups is 1. The van der Waals surface area contributed by atoms with Crippen LogP contribution in [0.2, 0.25) is 5.02 Å². The minimum absolute atomic E-state index is 0.0992. The van der Waals surface area contributed by atoms with Crippen molar-refractivity contribution in [3.05, 3.63) is 28.8 Å². The summed E-state index contributed by atoms with van der Waals surface area (Å²) in [6.45, 7) is -0.674. The molecule has 7 heteroatoms. The first-order chi connectivity index (χ1) is 7.50. The number of aromatic hydroxyl groups is 1. The highest BCUT2D eigenvalue weighted by molar-refractivity contribution is 6.31. The third kappa shape index (κ3) is 3.41. The Balaban J connectivity index is 2.65. The molecule has 86 valence electrons. The zero-order valence-corrected chi connectivity index (χ0v) is 8.69. The van der Waals surface area contributed by atoms with Gasteiger partial charge < -0.3 is 10.2 Å². The van der Waals surface area contributed by atoms with Crippen molar-refractivity contribution in [1.82, 2.24) is 5.48 Å². The molecule has 1 rings (SSSR count). The number of carbonyl (C=O) groups excluding carboxylic acids is 1. The summed E-state index contributed by atoms with van der Waals surface area (Å²) in [6.07, 6.45) is 0. The summed E-state index contributed by atoms with van der Waals surface area (Å²) in [6, 6.07) is 3.89. The Hall–Kier alpha value is -1.79. The van der Waals surface area contributed by atoms with Crippen molar-refractivity contribution in [2.75, 3.05) is 6.61 Å². The molecule has 3 N–H and O–H groups in total. The average Bonchev–Trinajstić information content (AvgIpc) is 2.21. The number of phenolic OH excluding ortho intramolecular Hbond substituents is 1. The van der Waals surface area contributed by atoms with Gasteiger partial charge in [0.1, 0.15) is 5.75 Å². The second kappa shape index (κ2) is 5.34. The van der Waals surface area contributed by atoms with Gasteiger partial charge in [-0.2, -0.15) is 0 Å². The Morgan fingerprint density at radius 2 is 2.12 bits per heavy atom. The van der Waals surface area contributed by atoms with E-state index in [2.05, 4.69) is 4.84 Å².